The molecule has 0 spiro atoms. The molecule has 21 heavy (non-hydrogen) atoms. The van der Waals surface area contributed by atoms with Crippen molar-refractivity contribution in [2.45, 2.75) is 58.0 Å². The molecule has 1 atom stereocenters. The van der Waals surface area contributed by atoms with Gasteiger partial charge >= 0.3 is 12.0 Å². The van der Waals surface area contributed by atoms with E-state index < -0.39 is 11.5 Å². The number of urea groups is 1. The average Bonchev–Trinajstić information content (AvgIpc) is 2.83. The van der Waals surface area contributed by atoms with Crippen LogP contribution >= 0.6 is 0 Å². The van der Waals surface area contributed by atoms with E-state index in [1.165, 1.54) is 4.90 Å². The fourth-order valence-electron chi connectivity index (χ4n) is 2.87. The molecule has 6 heteroatoms. The zero-order chi connectivity index (χ0) is 16.0. The van der Waals surface area contributed by atoms with E-state index in [1.807, 2.05) is 14.0 Å². The van der Waals surface area contributed by atoms with Gasteiger partial charge in [-0.25, -0.2) is 9.59 Å². The Labute approximate surface area is 127 Å². The van der Waals surface area contributed by atoms with Crippen LogP contribution in [0.25, 0.3) is 0 Å². The molecule has 0 saturated carbocycles. The number of carbonyl (C=O) groups is 2. The number of rotatable bonds is 7. The van der Waals surface area contributed by atoms with E-state index in [2.05, 4.69) is 24.1 Å². The molecule has 1 heterocycles. The van der Waals surface area contributed by atoms with Gasteiger partial charge in [0.15, 0.2) is 0 Å². The standard InChI is InChI=1S/C15H29N3O3/c1-5-7-15(13(19)20)8-6-10-18(15)14(21)16-9-11-17(4)12(2)3/h12H,5-11H2,1-4H3,(H,16,21)(H,19,20). The van der Waals surface area contributed by atoms with E-state index in [1.54, 1.807) is 0 Å². The molecule has 0 bridgehead atoms. The Morgan fingerprint density at radius 3 is 2.62 bits per heavy atom. The van der Waals surface area contributed by atoms with E-state index in [9.17, 15) is 14.7 Å². The molecule has 122 valence electrons. The van der Waals surface area contributed by atoms with Crippen LogP contribution in [-0.2, 0) is 4.79 Å². The Morgan fingerprint density at radius 1 is 1.43 bits per heavy atom. The maximum atomic E-state index is 12.3. The number of likely N-dealkylation sites (N-methyl/N-ethyl adjacent to an activating group) is 1. The van der Waals surface area contributed by atoms with Crippen molar-refractivity contribution in [2.24, 2.45) is 0 Å². The highest BCUT2D eigenvalue weighted by Gasteiger charge is 2.49. The molecule has 1 saturated heterocycles. The fourth-order valence-corrected chi connectivity index (χ4v) is 2.87. The number of likely N-dealkylation sites (tertiary alicyclic amines) is 1. The van der Waals surface area contributed by atoms with Crippen LogP contribution in [0.4, 0.5) is 4.79 Å². The smallest absolute Gasteiger partial charge is 0.329 e. The molecule has 0 aromatic heterocycles. The molecule has 0 aliphatic carbocycles. The van der Waals surface area contributed by atoms with Crippen molar-refractivity contribution in [2.75, 3.05) is 26.7 Å². The van der Waals surface area contributed by atoms with Gasteiger partial charge in [0.05, 0.1) is 0 Å². The monoisotopic (exact) mass is 299 g/mol. The zero-order valence-corrected chi connectivity index (χ0v) is 13.7. The van der Waals surface area contributed by atoms with Gasteiger partial charge in [0.25, 0.3) is 0 Å². The number of hydrogen-bond donors (Lipinski definition) is 2. The second-order valence-electron chi connectivity index (χ2n) is 6.15. The van der Waals surface area contributed by atoms with Crippen LogP contribution in [0, 0.1) is 0 Å². The molecule has 1 unspecified atom stereocenters. The first-order valence-corrected chi connectivity index (χ1v) is 7.84. The van der Waals surface area contributed by atoms with E-state index in [0.717, 1.165) is 19.4 Å². The molecule has 2 N–H and O–H groups in total. The highest BCUT2D eigenvalue weighted by atomic mass is 16.4. The Kier molecular flexibility index (Phi) is 6.45. The van der Waals surface area contributed by atoms with Crippen molar-refractivity contribution >= 4 is 12.0 Å². The second-order valence-corrected chi connectivity index (χ2v) is 6.15. The molecule has 1 aliphatic heterocycles. The van der Waals surface area contributed by atoms with Crippen molar-refractivity contribution < 1.29 is 14.7 Å². The van der Waals surface area contributed by atoms with Gasteiger partial charge in [0, 0.05) is 25.7 Å². The third-order valence-electron chi connectivity index (χ3n) is 4.42. The Hall–Kier alpha value is -1.30. The van der Waals surface area contributed by atoms with E-state index in [4.69, 9.17) is 0 Å². The van der Waals surface area contributed by atoms with Gasteiger partial charge in [-0.05, 0) is 40.2 Å². The number of nitrogens with zero attached hydrogens (tertiary/aromatic N) is 2. The van der Waals surface area contributed by atoms with Gasteiger partial charge in [-0.15, -0.1) is 0 Å². The van der Waals surface area contributed by atoms with Gasteiger partial charge in [-0.3, -0.25) is 0 Å². The number of amides is 2. The highest BCUT2D eigenvalue weighted by molar-refractivity contribution is 5.87. The van der Waals surface area contributed by atoms with Crippen LogP contribution in [0.15, 0.2) is 0 Å². The number of aliphatic carboxylic acids is 1. The molecular weight excluding hydrogens is 270 g/mol. The first kappa shape index (κ1) is 17.8. The third-order valence-corrected chi connectivity index (χ3v) is 4.42. The number of carboxylic acid groups (broad SMARTS) is 1. The van der Waals surface area contributed by atoms with Crippen LogP contribution in [0.2, 0.25) is 0 Å². The predicted molar refractivity (Wildman–Crippen MR) is 82.4 cm³/mol. The minimum atomic E-state index is -1.01. The fraction of sp³-hybridized carbons (Fsp3) is 0.867. The van der Waals surface area contributed by atoms with E-state index in [-0.39, 0.29) is 6.03 Å². The molecule has 6 nitrogen and oxygen atoms in total. The Balaban J connectivity index is 2.61. The summed E-state index contributed by atoms with van der Waals surface area (Å²) < 4.78 is 0. The van der Waals surface area contributed by atoms with Crippen molar-refractivity contribution in [1.82, 2.24) is 15.1 Å². The third kappa shape index (κ3) is 4.09. The lowest BCUT2D eigenvalue weighted by atomic mass is 9.91. The lowest BCUT2D eigenvalue weighted by molar-refractivity contribution is -0.148. The predicted octanol–water partition coefficient (Wildman–Crippen LogP) is 1.76. The summed E-state index contributed by atoms with van der Waals surface area (Å²) in [6.07, 6.45) is 2.58. The molecule has 0 aromatic carbocycles. The summed E-state index contributed by atoms with van der Waals surface area (Å²) in [5.74, 6) is -0.878. The van der Waals surface area contributed by atoms with Crippen molar-refractivity contribution in [3.8, 4) is 0 Å². The number of nitrogens with one attached hydrogen (secondary N) is 1. The average molecular weight is 299 g/mol. The topological polar surface area (TPSA) is 72.9 Å². The second kappa shape index (κ2) is 7.64. The number of carboxylic acids is 1. The molecule has 1 aliphatic rings. The summed E-state index contributed by atoms with van der Waals surface area (Å²) in [7, 11) is 2.01. The molecule has 0 radical (unpaired) electrons. The molecule has 1 fully saturated rings. The summed E-state index contributed by atoms with van der Waals surface area (Å²) in [4.78, 5) is 27.7. The maximum Gasteiger partial charge on any atom is 0.329 e. The van der Waals surface area contributed by atoms with Crippen LogP contribution in [0.5, 0.6) is 0 Å². The SMILES string of the molecule is CCCC1(C(=O)O)CCCN1C(=O)NCCN(C)C(C)C. The van der Waals surface area contributed by atoms with Gasteiger partial charge in [-0.2, -0.15) is 0 Å². The lowest BCUT2D eigenvalue weighted by Crippen LogP contribution is -2.56. The lowest BCUT2D eigenvalue weighted by Gasteiger charge is -2.34. The van der Waals surface area contributed by atoms with E-state index in [0.29, 0.717) is 32.0 Å². The normalized spacial score (nSPS) is 22.1. The quantitative estimate of drug-likeness (QED) is 0.751. The zero-order valence-electron chi connectivity index (χ0n) is 13.7. The first-order valence-electron chi connectivity index (χ1n) is 7.84. The Morgan fingerprint density at radius 2 is 2.10 bits per heavy atom. The van der Waals surface area contributed by atoms with Crippen LogP contribution in [0.1, 0.15) is 46.5 Å². The Bertz CT molecular complexity index is 373. The summed E-state index contributed by atoms with van der Waals surface area (Å²) >= 11 is 0. The minimum absolute atomic E-state index is 0.250. The van der Waals surface area contributed by atoms with Crippen LogP contribution in [-0.4, -0.2) is 65.2 Å². The van der Waals surface area contributed by atoms with Crippen LogP contribution < -0.4 is 5.32 Å². The summed E-state index contributed by atoms with van der Waals surface area (Å²) in [5, 5.41) is 12.4. The molecular formula is C15H29N3O3. The summed E-state index contributed by atoms with van der Waals surface area (Å²) in [6.45, 7) is 7.96. The molecule has 2 amide bonds. The minimum Gasteiger partial charge on any atom is -0.479 e. The largest absolute Gasteiger partial charge is 0.479 e. The van der Waals surface area contributed by atoms with Gasteiger partial charge < -0.3 is 20.2 Å². The number of carbonyl (C=O) groups excluding carboxylic acids is 1. The van der Waals surface area contributed by atoms with Crippen LogP contribution in [0.3, 0.4) is 0 Å². The van der Waals surface area contributed by atoms with Crippen molar-refractivity contribution in [1.29, 1.82) is 0 Å². The maximum absolute atomic E-state index is 12.3. The van der Waals surface area contributed by atoms with Crippen molar-refractivity contribution in [3.63, 3.8) is 0 Å². The summed E-state index contributed by atoms with van der Waals surface area (Å²) in [6, 6.07) is 0.174. The summed E-state index contributed by atoms with van der Waals surface area (Å²) in [5.41, 5.74) is -1.01. The number of hydrogen-bond acceptors (Lipinski definition) is 3. The van der Waals surface area contributed by atoms with Gasteiger partial charge in [-0.1, -0.05) is 13.3 Å². The highest BCUT2D eigenvalue weighted by Crippen LogP contribution is 2.33. The van der Waals surface area contributed by atoms with E-state index >= 15 is 0 Å². The van der Waals surface area contributed by atoms with Gasteiger partial charge in [0.2, 0.25) is 0 Å². The molecule has 1 rings (SSSR count). The van der Waals surface area contributed by atoms with Crippen molar-refractivity contribution in [3.05, 3.63) is 0 Å². The first-order chi connectivity index (χ1) is 9.85. The van der Waals surface area contributed by atoms with Gasteiger partial charge in [0.1, 0.15) is 5.54 Å². The molecule has 0 aromatic rings.